The van der Waals surface area contributed by atoms with Crippen LogP contribution in [-0.2, 0) is 5.75 Å². The molecule has 0 aliphatic rings. The highest BCUT2D eigenvalue weighted by atomic mass is 33.1. The van der Waals surface area contributed by atoms with Crippen molar-refractivity contribution in [3.63, 3.8) is 0 Å². The van der Waals surface area contributed by atoms with Gasteiger partial charge in [-0.05, 0) is 12.0 Å². The summed E-state index contributed by atoms with van der Waals surface area (Å²) < 4.78 is 0. The maximum Gasteiger partial charge on any atom is 0.0288 e. The van der Waals surface area contributed by atoms with Gasteiger partial charge < -0.3 is 0 Å². The van der Waals surface area contributed by atoms with Gasteiger partial charge in [0.25, 0.3) is 0 Å². The molecule has 0 nitrogen and oxygen atoms in total. The SMILES string of the molecule is CCCCCCSSCc1ccccc1. The van der Waals surface area contributed by atoms with Crippen LogP contribution in [0.3, 0.4) is 0 Å². The summed E-state index contributed by atoms with van der Waals surface area (Å²) in [6, 6.07) is 10.7. The van der Waals surface area contributed by atoms with Gasteiger partial charge in [0, 0.05) is 11.5 Å². The van der Waals surface area contributed by atoms with E-state index in [9.17, 15) is 0 Å². The molecule has 0 aromatic heterocycles. The first-order valence-electron chi connectivity index (χ1n) is 5.72. The third-order valence-electron chi connectivity index (χ3n) is 2.23. The summed E-state index contributed by atoms with van der Waals surface area (Å²) in [7, 11) is 4.00. The van der Waals surface area contributed by atoms with E-state index in [2.05, 4.69) is 37.3 Å². The monoisotopic (exact) mass is 240 g/mol. The number of unbranched alkanes of at least 4 members (excludes halogenated alkanes) is 3. The minimum atomic E-state index is 1.14. The van der Waals surface area contributed by atoms with Gasteiger partial charge in [0.05, 0.1) is 0 Å². The first-order chi connectivity index (χ1) is 7.43. The number of hydrogen-bond donors (Lipinski definition) is 0. The molecule has 1 aromatic rings. The predicted molar refractivity (Wildman–Crippen MR) is 74.3 cm³/mol. The fraction of sp³-hybridized carbons (Fsp3) is 0.538. The first-order valence-corrected chi connectivity index (χ1v) is 8.20. The Morgan fingerprint density at radius 1 is 0.933 bits per heavy atom. The van der Waals surface area contributed by atoms with Crippen molar-refractivity contribution in [1.82, 2.24) is 0 Å². The molecule has 0 atom stereocenters. The van der Waals surface area contributed by atoms with Gasteiger partial charge in [0.1, 0.15) is 0 Å². The third-order valence-corrected chi connectivity index (χ3v) is 4.66. The standard InChI is InChI=1S/C13H20S2/c1-2-3-4-8-11-14-15-12-13-9-6-5-7-10-13/h5-7,9-10H,2-4,8,11-12H2,1H3. The van der Waals surface area contributed by atoms with Gasteiger partial charge in [-0.25, -0.2) is 0 Å². The Hall–Kier alpha value is -0.0800. The van der Waals surface area contributed by atoms with Gasteiger partial charge in [-0.2, -0.15) is 0 Å². The smallest absolute Gasteiger partial charge is 0.0288 e. The highest BCUT2D eigenvalue weighted by molar-refractivity contribution is 8.76. The molecular weight excluding hydrogens is 220 g/mol. The van der Waals surface area contributed by atoms with E-state index in [1.54, 1.807) is 0 Å². The zero-order valence-corrected chi connectivity index (χ0v) is 11.1. The van der Waals surface area contributed by atoms with Crippen LogP contribution >= 0.6 is 21.6 Å². The van der Waals surface area contributed by atoms with Gasteiger partial charge in [-0.1, -0.05) is 78.1 Å². The highest BCUT2D eigenvalue weighted by Crippen LogP contribution is 2.26. The molecule has 0 amide bonds. The quantitative estimate of drug-likeness (QED) is 0.455. The molecule has 0 fully saturated rings. The Labute approximate surface area is 102 Å². The molecule has 0 saturated heterocycles. The fourth-order valence-corrected chi connectivity index (χ4v) is 3.55. The average Bonchev–Trinajstić information content (AvgIpc) is 2.29. The summed E-state index contributed by atoms with van der Waals surface area (Å²) in [5.41, 5.74) is 1.43. The van der Waals surface area contributed by atoms with Gasteiger partial charge in [0.2, 0.25) is 0 Å². The summed E-state index contributed by atoms with van der Waals surface area (Å²) in [4.78, 5) is 0. The summed E-state index contributed by atoms with van der Waals surface area (Å²) >= 11 is 0. The largest absolute Gasteiger partial charge is 0.0938 e. The van der Waals surface area contributed by atoms with Crippen molar-refractivity contribution >= 4 is 21.6 Å². The minimum Gasteiger partial charge on any atom is -0.0938 e. The lowest BCUT2D eigenvalue weighted by molar-refractivity contribution is 0.707. The molecule has 0 bridgehead atoms. The second-order valence-electron chi connectivity index (χ2n) is 3.63. The molecule has 1 rings (SSSR count). The highest BCUT2D eigenvalue weighted by Gasteiger charge is 1.93. The number of benzene rings is 1. The maximum atomic E-state index is 2.26. The predicted octanol–water partition coefficient (Wildman–Crippen LogP) is 5.15. The third kappa shape index (κ3) is 6.91. The molecule has 0 aliphatic carbocycles. The van der Waals surface area contributed by atoms with Crippen LogP contribution in [0.5, 0.6) is 0 Å². The van der Waals surface area contributed by atoms with Gasteiger partial charge in [0.15, 0.2) is 0 Å². The van der Waals surface area contributed by atoms with Crippen LogP contribution in [0.4, 0.5) is 0 Å². The lowest BCUT2D eigenvalue weighted by Gasteiger charge is -2.01. The van der Waals surface area contributed by atoms with Crippen molar-refractivity contribution in [2.75, 3.05) is 5.75 Å². The Kier molecular flexibility index (Phi) is 7.94. The van der Waals surface area contributed by atoms with E-state index >= 15 is 0 Å². The molecule has 0 heterocycles. The lowest BCUT2D eigenvalue weighted by atomic mass is 10.2. The molecule has 0 N–H and O–H groups in total. The van der Waals surface area contributed by atoms with Crippen LogP contribution in [0.15, 0.2) is 30.3 Å². The van der Waals surface area contributed by atoms with Crippen LogP contribution in [0.2, 0.25) is 0 Å². The normalized spacial score (nSPS) is 10.5. The van der Waals surface area contributed by atoms with Gasteiger partial charge in [-0.15, -0.1) is 0 Å². The van der Waals surface area contributed by atoms with Crippen molar-refractivity contribution in [1.29, 1.82) is 0 Å². The van der Waals surface area contributed by atoms with Crippen LogP contribution < -0.4 is 0 Å². The summed E-state index contributed by atoms with van der Waals surface area (Å²) in [5.74, 6) is 2.44. The van der Waals surface area contributed by atoms with E-state index in [0.29, 0.717) is 0 Å². The van der Waals surface area contributed by atoms with Crippen molar-refractivity contribution in [3.8, 4) is 0 Å². The summed E-state index contributed by atoms with van der Waals surface area (Å²) in [6.07, 6.45) is 5.50. The van der Waals surface area contributed by atoms with Crippen molar-refractivity contribution in [2.45, 2.75) is 38.4 Å². The molecule has 2 heteroatoms. The fourth-order valence-electron chi connectivity index (χ4n) is 1.33. The zero-order valence-electron chi connectivity index (χ0n) is 9.45. The van der Waals surface area contributed by atoms with Crippen LogP contribution in [0, 0.1) is 0 Å². The van der Waals surface area contributed by atoms with E-state index in [1.807, 2.05) is 21.6 Å². The Morgan fingerprint density at radius 3 is 2.47 bits per heavy atom. The molecule has 0 saturated carbocycles. The molecular formula is C13H20S2. The van der Waals surface area contributed by atoms with Crippen molar-refractivity contribution in [3.05, 3.63) is 35.9 Å². The van der Waals surface area contributed by atoms with Gasteiger partial charge in [-0.3, -0.25) is 0 Å². The minimum absolute atomic E-state index is 1.14. The molecule has 1 aromatic carbocycles. The summed E-state index contributed by atoms with van der Waals surface area (Å²) in [5, 5.41) is 0. The summed E-state index contributed by atoms with van der Waals surface area (Å²) in [6.45, 7) is 2.26. The Balaban J connectivity index is 1.93. The van der Waals surface area contributed by atoms with Crippen LogP contribution in [-0.4, -0.2) is 5.75 Å². The lowest BCUT2D eigenvalue weighted by Crippen LogP contribution is -1.80. The molecule has 84 valence electrons. The maximum absolute atomic E-state index is 2.26. The number of rotatable bonds is 8. The van der Waals surface area contributed by atoms with Crippen molar-refractivity contribution < 1.29 is 0 Å². The van der Waals surface area contributed by atoms with Crippen molar-refractivity contribution in [2.24, 2.45) is 0 Å². The molecule has 0 radical (unpaired) electrons. The topological polar surface area (TPSA) is 0 Å². The second kappa shape index (κ2) is 9.17. The zero-order chi connectivity index (χ0) is 10.8. The van der Waals surface area contributed by atoms with E-state index < -0.39 is 0 Å². The van der Waals surface area contributed by atoms with E-state index in [-0.39, 0.29) is 0 Å². The van der Waals surface area contributed by atoms with E-state index in [0.717, 1.165) is 5.75 Å². The Morgan fingerprint density at radius 2 is 1.73 bits per heavy atom. The first kappa shape index (κ1) is 13.0. The molecule has 0 spiro atoms. The molecule has 15 heavy (non-hydrogen) atoms. The van der Waals surface area contributed by atoms with Crippen LogP contribution in [0.25, 0.3) is 0 Å². The second-order valence-corrected chi connectivity index (χ2v) is 6.21. The Bertz CT molecular complexity index is 234. The van der Waals surface area contributed by atoms with E-state index in [1.165, 1.54) is 37.0 Å². The van der Waals surface area contributed by atoms with E-state index in [4.69, 9.17) is 0 Å². The average molecular weight is 240 g/mol. The molecule has 0 aliphatic heterocycles. The number of hydrogen-bond acceptors (Lipinski definition) is 2. The van der Waals surface area contributed by atoms with Gasteiger partial charge >= 0.3 is 0 Å². The molecule has 0 unspecified atom stereocenters. The van der Waals surface area contributed by atoms with Crippen LogP contribution in [0.1, 0.15) is 38.2 Å².